The standard InChI is InChI=1S/C21H26BrIN2O3/c1-21(2,3)28-20(26)25-10-5-4-6-15(25)9-11-27-19-16-12-14(23)7-8-18(16)24-13-17(19)22/h7-8,12-13,15H,4-6,9-11H2,1-3H3/t15-/m1/s1. The highest BCUT2D eigenvalue weighted by molar-refractivity contribution is 14.1. The first-order chi connectivity index (χ1) is 13.2. The van der Waals surface area contributed by atoms with Crippen LogP contribution in [0.2, 0.25) is 0 Å². The summed E-state index contributed by atoms with van der Waals surface area (Å²) in [6, 6.07) is 6.27. The summed E-state index contributed by atoms with van der Waals surface area (Å²) in [5, 5.41) is 0.994. The molecular weight excluding hydrogens is 535 g/mol. The molecule has 152 valence electrons. The van der Waals surface area contributed by atoms with Crippen LogP contribution in [0.1, 0.15) is 46.5 Å². The number of aromatic nitrogens is 1. The van der Waals surface area contributed by atoms with Crippen molar-refractivity contribution in [2.75, 3.05) is 13.2 Å². The van der Waals surface area contributed by atoms with E-state index in [-0.39, 0.29) is 12.1 Å². The number of hydrogen-bond acceptors (Lipinski definition) is 4. The number of amides is 1. The van der Waals surface area contributed by atoms with E-state index in [9.17, 15) is 4.79 Å². The van der Waals surface area contributed by atoms with Crippen molar-refractivity contribution in [1.29, 1.82) is 0 Å². The Hall–Kier alpha value is -1.09. The molecule has 0 aliphatic carbocycles. The monoisotopic (exact) mass is 560 g/mol. The molecule has 0 radical (unpaired) electrons. The van der Waals surface area contributed by atoms with Gasteiger partial charge >= 0.3 is 6.09 Å². The van der Waals surface area contributed by atoms with E-state index in [0.29, 0.717) is 6.61 Å². The van der Waals surface area contributed by atoms with E-state index in [2.05, 4.69) is 49.6 Å². The summed E-state index contributed by atoms with van der Waals surface area (Å²) in [6.45, 7) is 6.99. The number of nitrogens with zero attached hydrogens (tertiary/aromatic N) is 2. The van der Waals surface area contributed by atoms with E-state index in [1.54, 1.807) is 6.20 Å². The van der Waals surface area contributed by atoms with Crippen LogP contribution in [0.3, 0.4) is 0 Å². The smallest absolute Gasteiger partial charge is 0.410 e. The molecule has 1 aliphatic heterocycles. The predicted octanol–water partition coefficient (Wildman–Crippen LogP) is 6.16. The Bertz CT molecular complexity index is 848. The summed E-state index contributed by atoms with van der Waals surface area (Å²) in [7, 11) is 0. The van der Waals surface area contributed by atoms with Gasteiger partial charge in [0.25, 0.3) is 0 Å². The Morgan fingerprint density at radius 2 is 2.14 bits per heavy atom. The van der Waals surface area contributed by atoms with Crippen molar-refractivity contribution in [1.82, 2.24) is 9.88 Å². The van der Waals surface area contributed by atoms with E-state index >= 15 is 0 Å². The van der Waals surface area contributed by atoms with Gasteiger partial charge in [-0.25, -0.2) is 4.79 Å². The highest BCUT2D eigenvalue weighted by Gasteiger charge is 2.30. The summed E-state index contributed by atoms with van der Waals surface area (Å²) >= 11 is 5.85. The largest absolute Gasteiger partial charge is 0.492 e. The summed E-state index contributed by atoms with van der Waals surface area (Å²) < 4.78 is 13.7. The van der Waals surface area contributed by atoms with E-state index in [1.807, 2.05) is 37.8 Å². The minimum Gasteiger partial charge on any atom is -0.492 e. The molecular formula is C21H26BrIN2O3. The zero-order chi connectivity index (χ0) is 20.3. The van der Waals surface area contributed by atoms with Gasteiger partial charge in [0.15, 0.2) is 0 Å². The lowest BCUT2D eigenvalue weighted by molar-refractivity contribution is 0.00744. The van der Waals surface area contributed by atoms with Crippen LogP contribution in [0.4, 0.5) is 4.79 Å². The second-order valence-electron chi connectivity index (χ2n) is 8.06. The molecule has 1 atom stereocenters. The summed E-state index contributed by atoms with van der Waals surface area (Å²) in [6.07, 6.45) is 5.47. The lowest BCUT2D eigenvalue weighted by Crippen LogP contribution is -2.46. The maximum absolute atomic E-state index is 12.6. The van der Waals surface area contributed by atoms with Crippen LogP contribution in [-0.2, 0) is 4.74 Å². The quantitative estimate of drug-likeness (QED) is 0.420. The van der Waals surface area contributed by atoms with Crippen LogP contribution in [0.15, 0.2) is 28.9 Å². The number of rotatable bonds is 4. The van der Waals surface area contributed by atoms with E-state index < -0.39 is 5.60 Å². The van der Waals surface area contributed by atoms with Gasteiger partial charge in [-0.05, 0) is 96.8 Å². The van der Waals surface area contributed by atoms with Crippen LogP contribution < -0.4 is 4.74 Å². The van der Waals surface area contributed by atoms with Crippen molar-refractivity contribution in [3.8, 4) is 5.75 Å². The fourth-order valence-corrected chi connectivity index (χ4v) is 4.34. The normalized spacial score (nSPS) is 17.6. The Balaban J connectivity index is 1.68. The third kappa shape index (κ3) is 5.49. The van der Waals surface area contributed by atoms with Gasteiger partial charge in [0, 0.05) is 34.2 Å². The summed E-state index contributed by atoms with van der Waals surface area (Å²) in [5.74, 6) is 0.808. The van der Waals surface area contributed by atoms with Gasteiger partial charge in [0.2, 0.25) is 0 Å². The Morgan fingerprint density at radius 3 is 2.89 bits per heavy atom. The van der Waals surface area contributed by atoms with Crippen molar-refractivity contribution in [3.05, 3.63) is 32.4 Å². The molecule has 2 heterocycles. The molecule has 28 heavy (non-hydrogen) atoms. The fraction of sp³-hybridized carbons (Fsp3) is 0.524. The van der Waals surface area contributed by atoms with Gasteiger partial charge in [-0.1, -0.05) is 0 Å². The SMILES string of the molecule is CC(C)(C)OC(=O)N1CCCC[C@@H]1CCOc1c(Br)cnc2ccc(I)cc12. The minimum absolute atomic E-state index is 0.149. The summed E-state index contributed by atoms with van der Waals surface area (Å²) in [4.78, 5) is 18.9. The zero-order valence-electron chi connectivity index (χ0n) is 16.5. The van der Waals surface area contributed by atoms with Crippen LogP contribution >= 0.6 is 38.5 Å². The fourth-order valence-electron chi connectivity index (χ4n) is 3.42. The molecule has 0 bridgehead atoms. The van der Waals surface area contributed by atoms with E-state index in [1.165, 1.54) is 0 Å². The molecule has 0 spiro atoms. The Morgan fingerprint density at radius 1 is 1.36 bits per heavy atom. The lowest BCUT2D eigenvalue weighted by atomic mass is 10.0. The Labute approximate surface area is 188 Å². The van der Waals surface area contributed by atoms with Crippen LogP contribution in [0, 0.1) is 3.57 Å². The number of fused-ring (bicyclic) bond motifs is 1. The first-order valence-electron chi connectivity index (χ1n) is 9.61. The van der Waals surface area contributed by atoms with Crippen LogP contribution in [0.25, 0.3) is 10.9 Å². The summed E-state index contributed by atoms with van der Waals surface area (Å²) in [5.41, 5.74) is 0.430. The van der Waals surface area contributed by atoms with E-state index in [0.717, 1.165) is 56.9 Å². The molecule has 0 N–H and O–H groups in total. The molecule has 1 aromatic carbocycles. The third-order valence-corrected chi connectivity index (χ3v) is 5.93. The molecule has 1 aliphatic rings. The molecule has 1 aromatic heterocycles. The number of hydrogen-bond donors (Lipinski definition) is 0. The highest BCUT2D eigenvalue weighted by Crippen LogP contribution is 2.33. The predicted molar refractivity (Wildman–Crippen MR) is 123 cm³/mol. The molecule has 1 amide bonds. The molecule has 3 rings (SSSR count). The van der Waals surface area contributed by atoms with Gasteiger partial charge in [-0.15, -0.1) is 0 Å². The highest BCUT2D eigenvalue weighted by atomic mass is 127. The van der Waals surface area contributed by atoms with Crippen molar-refractivity contribution >= 4 is 55.5 Å². The topological polar surface area (TPSA) is 51.7 Å². The minimum atomic E-state index is -0.479. The number of halogens is 2. The van der Waals surface area contributed by atoms with Crippen LogP contribution in [0.5, 0.6) is 5.75 Å². The molecule has 0 unspecified atom stereocenters. The first kappa shape index (κ1) is 21.6. The molecule has 1 fully saturated rings. The van der Waals surface area contributed by atoms with Gasteiger partial charge in [-0.2, -0.15) is 0 Å². The maximum atomic E-state index is 12.6. The second-order valence-corrected chi connectivity index (χ2v) is 10.2. The van der Waals surface area contributed by atoms with Gasteiger partial charge < -0.3 is 14.4 Å². The van der Waals surface area contributed by atoms with Gasteiger partial charge in [0.05, 0.1) is 16.6 Å². The third-order valence-electron chi connectivity index (χ3n) is 4.69. The Kier molecular flexibility index (Phi) is 7.07. The second kappa shape index (κ2) is 9.15. The number of likely N-dealkylation sites (tertiary alicyclic amines) is 1. The van der Waals surface area contributed by atoms with Gasteiger partial charge in [-0.3, -0.25) is 4.98 Å². The average molecular weight is 561 g/mol. The van der Waals surface area contributed by atoms with Crippen LogP contribution in [-0.4, -0.2) is 40.8 Å². The number of ether oxygens (including phenoxy) is 2. The zero-order valence-corrected chi connectivity index (χ0v) is 20.2. The molecule has 7 heteroatoms. The van der Waals surface area contributed by atoms with Crippen molar-refractivity contribution in [3.63, 3.8) is 0 Å². The number of carbonyl (C=O) groups excluding carboxylic acids is 1. The lowest BCUT2D eigenvalue weighted by Gasteiger charge is -2.36. The maximum Gasteiger partial charge on any atom is 0.410 e. The average Bonchev–Trinajstić information content (AvgIpc) is 2.62. The van der Waals surface area contributed by atoms with Crippen molar-refractivity contribution in [2.24, 2.45) is 0 Å². The molecule has 1 saturated heterocycles. The molecule has 0 saturated carbocycles. The number of pyridine rings is 1. The van der Waals surface area contributed by atoms with Crippen molar-refractivity contribution in [2.45, 2.75) is 58.1 Å². The van der Waals surface area contributed by atoms with Crippen molar-refractivity contribution < 1.29 is 14.3 Å². The molecule has 2 aromatic rings. The number of piperidine rings is 1. The van der Waals surface area contributed by atoms with Gasteiger partial charge in [0.1, 0.15) is 11.4 Å². The number of benzene rings is 1. The molecule has 5 nitrogen and oxygen atoms in total. The first-order valence-corrected chi connectivity index (χ1v) is 11.5. The van der Waals surface area contributed by atoms with E-state index in [4.69, 9.17) is 9.47 Å². The number of carbonyl (C=O) groups is 1.